The molecule has 1 unspecified atom stereocenters. The summed E-state index contributed by atoms with van der Waals surface area (Å²) in [5, 5.41) is 19.0. The van der Waals surface area contributed by atoms with E-state index in [1.54, 1.807) is 0 Å². The second-order valence-electron chi connectivity index (χ2n) is 9.88. The molecule has 4 aliphatic carbocycles. The number of rotatable bonds is 3. The lowest BCUT2D eigenvalue weighted by Crippen LogP contribution is -2.50. The lowest BCUT2D eigenvalue weighted by molar-refractivity contribution is -0.148. The molecule has 144 valence electrons. The zero-order valence-electron chi connectivity index (χ0n) is 16.0. The van der Waals surface area contributed by atoms with Crippen molar-refractivity contribution in [3.05, 3.63) is 11.6 Å². The Bertz CT molecular complexity index is 653. The Kier molecular flexibility index (Phi) is 4.33. The quantitative estimate of drug-likeness (QED) is 0.798. The number of carbonyl (C=O) groups is 2. The first-order valence-corrected chi connectivity index (χ1v) is 10.4. The van der Waals surface area contributed by atoms with Crippen molar-refractivity contribution in [3.8, 4) is 0 Å². The van der Waals surface area contributed by atoms with Crippen LogP contribution >= 0.6 is 0 Å². The van der Waals surface area contributed by atoms with Gasteiger partial charge < -0.3 is 10.2 Å². The van der Waals surface area contributed by atoms with Gasteiger partial charge in [0.15, 0.2) is 11.9 Å². The average Bonchev–Trinajstić information content (AvgIpc) is 2.92. The Hall–Kier alpha value is -1.16. The predicted octanol–water partition coefficient (Wildman–Crippen LogP) is 3.97. The van der Waals surface area contributed by atoms with Gasteiger partial charge in [-0.1, -0.05) is 19.4 Å². The molecule has 0 aromatic carbocycles. The number of carbonyl (C=O) groups excluding carboxylic acids is 1. The van der Waals surface area contributed by atoms with Crippen LogP contribution in [0, 0.1) is 34.5 Å². The highest BCUT2D eigenvalue weighted by molar-refractivity contribution is 5.91. The number of aliphatic hydroxyl groups is 1. The molecular formula is C22H32O4. The zero-order chi connectivity index (χ0) is 18.7. The second-order valence-corrected chi connectivity index (χ2v) is 9.88. The molecule has 0 aliphatic heterocycles. The largest absolute Gasteiger partial charge is 0.479 e. The molecule has 7 atom stereocenters. The summed E-state index contributed by atoms with van der Waals surface area (Å²) in [4.78, 5) is 23.0. The van der Waals surface area contributed by atoms with Gasteiger partial charge in [0.2, 0.25) is 0 Å². The van der Waals surface area contributed by atoms with E-state index in [0.29, 0.717) is 42.3 Å². The molecular weight excluding hydrogens is 328 g/mol. The summed E-state index contributed by atoms with van der Waals surface area (Å²) >= 11 is 0. The third-order valence-corrected chi connectivity index (χ3v) is 8.95. The van der Waals surface area contributed by atoms with Gasteiger partial charge in [-0.3, -0.25) is 4.79 Å². The van der Waals surface area contributed by atoms with E-state index in [0.717, 1.165) is 25.7 Å². The summed E-state index contributed by atoms with van der Waals surface area (Å²) in [6, 6.07) is 0. The topological polar surface area (TPSA) is 74.6 Å². The highest BCUT2D eigenvalue weighted by Crippen LogP contribution is 2.67. The molecule has 4 rings (SSSR count). The van der Waals surface area contributed by atoms with E-state index in [9.17, 15) is 14.7 Å². The van der Waals surface area contributed by atoms with Crippen LogP contribution in [0.5, 0.6) is 0 Å². The van der Waals surface area contributed by atoms with Crippen molar-refractivity contribution in [3.63, 3.8) is 0 Å². The second kappa shape index (κ2) is 6.19. The minimum absolute atomic E-state index is 0.166. The van der Waals surface area contributed by atoms with Crippen molar-refractivity contribution < 1.29 is 19.8 Å². The summed E-state index contributed by atoms with van der Waals surface area (Å²) in [6.07, 6.45) is 9.58. The summed E-state index contributed by atoms with van der Waals surface area (Å²) in [7, 11) is 0. The van der Waals surface area contributed by atoms with Gasteiger partial charge in [0, 0.05) is 6.42 Å². The van der Waals surface area contributed by atoms with Crippen LogP contribution in [0.1, 0.15) is 71.6 Å². The number of hydrogen-bond donors (Lipinski definition) is 2. The van der Waals surface area contributed by atoms with Crippen molar-refractivity contribution in [1.29, 1.82) is 0 Å². The van der Waals surface area contributed by atoms with Crippen molar-refractivity contribution in [2.24, 2.45) is 34.5 Å². The van der Waals surface area contributed by atoms with Crippen molar-refractivity contribution in [1.82, 2.24) is 0 Å². The van der Waals surface area contributed by atoms with Crippen LogP contribution in [0.15, 0.2) is 11.6 Å². The maximum absolute atomic E-state index is 11.9. The fourth-order valence-electron chi connectivity index (χ4n) is 7.43. The van der Waals surface area contributed by atoms with Crippen LogP contribution in [0.25, 0.3) is 0 Å². The third-order valence-electron chi connectivity index (χ3n) is 8.95. The highest BCUT2D eigenvalue weighted by Gasteiger charge is 2.59. The maximum Gasteiger partial charge on any atom is 0.332 e. The van der Waals surface area contributed by atoms with Gasteiger partial charge in [0.05, 0.1) is 0 Å². The summed E-state index contributed by atoms with van der Waals surface area (Å²) in [5.41, 5.74) is 1.76. The molecule has 0 radical (unpaired) electrons. The molecule has 4 heteroatoms. The third kappa shape index (κ3) is 2.59. The van der Waals surface area contributed by atoms with Crippen LogP contribution < -0.4 is 0 Å². The molecule has 0 spiro atoms. The predicted molar refractivity (Wildman–Crippen MR) is 98.5 cm³/mol. The zero-order valence-corrected chi connectivity index (χ0v) is 16.0. The average molecular weight is 360 g/mol. The molecule has 26 heavy (non-hydrogen) atoms. The Morgan fingerprint density at radius 3 is 2.65 bits per heavy atom. The standard InChI is InChI=1S/C22H32O4/c1-21-9-7-15(23)11-13(21)3-5-16-17-6-4-14(12-19(24)20(25)26)22(17,2)10-8-18(16)21/h11,14,16-19,24H,3-10,12H2,1-2H3,(H,25,26)/t14-,16+,17+,18+,19?,21+,22-/m1/s1. The monoisotopic (exact) mass is 360 g/mol. The number of hydrogen-bond acceptors (Lipinski definition) is 3. The number of aliphatic carboxylic acids is 1. The Morgan fingerprint density at radius 1 is 1.15 bits per heavy atom. The fourth-order valence-corrected chi connectivity index (χ4v) is 7.43. The van der Waals surface area contributed by atoms with Gasteiger partial charge >= 0.3 is 5.97 Å². The molecule has 3 saturated carbocycles. The Morgan fingerprint density at radius 2 is 1.92 bits per heavy atom. The molecule has 0 heterocycles. The lowest BCUT2D eigenvalue weighted by Gasteiger charge is -2.58. The van der Waals surface area contributed by atoms with E-state index in [2.05, 4.69) is 13.8 Å². The van der Waals surface area contributed by atoms with Crippen molar-refractivity contribution in [2.45, 2.75) is 77.7 Å². The Balaban J connectivity index is 1.57. The smallest absolute Gasteiger partial charge is 0.332 e. The summed E-state index contributed by atoms with van der Waals surface area (Å²) in [5.74, 6) is 1.53. The number of fused-ring (bicyclic) bond motifs is 5. The number of ketones is 1. The van der Waals surface area contributed by atoms with Crippen LogP contribution in [0.4, 0.5) is 0 Å². The molecule has 2 N–H and O–H groups in total. The number of carboxylic acids is 1. The van der Waals surface area contributed by atoms with E-state index < -0.39 is 12.1 Å². The fraction of sp³-hybridized carbons (Fsp3) is 0.818. The van der Waals surface area contributed by atoms with E-state index in [-0.39, 0.29) is 10.8 Å². The molecule has 3 fully saturated rings. The maximum atomic E-state index is 11.9. The van der Waals surface area contributed by atoms with E-state index in [4.69, 9.17) is 5.11 Å². The van der Waals surface area contributed by atoms with Gasteiger partial charge in [0.25, 0.3) is 0 Å². The van der Waals surface area contributed by atoms with Gasteiger partial charge in [0.1, 0.15) is 0 Å². The van der Waals surface area contributed by atoms with Gasteiger partial charge in [-0.25, -0.2) is 4.79 Å². The molecule has 0 saturated heterocycles. The molecule has 0 aromatic rings. The van der Waals surface area contributed by atoms with E-state index in [1.165, 1.54) is 24.8 Å². The van der Waals surface area contributed by atoms with Crippen LogP contribution in [-0.2, 0) is 9.59 Å². The van der Waals surface area contributed by atoms with Crippen LogP contribution in [0.2, 0.25) is 0 Å². The number of carboxylic acid groups (broad SMARTS) is 1. The van der Waals surface area contributed by atoms with Gasteiger partial charge in [-0.15, -0.1) is 0 Å². The number of aliphatic hydroxyl groups excluding tert-OH is 1. The highest BCUT2D eigenvalue weighted by atomic mass is 16.4. The molecule has 0 amide bonds. The minimum Gasteiger partial charge on any atom is -0.479 e. The van der Waals surface area contributed by atoms with Crippen molar-refractivity contribution >= 4 is 11.8 Å². The summed E-state index contributed by atoms with van der Waals surface area (Å²) < 4.78 is 0. The SMILES string of the molecule is C[C@]12CC[C@H]3[C@@H](CCC4=CC(=O)CC[C@@]43C)[C@@H]1CC[C@@H]2CC(O)C(=O)O. The first kappa shape index (κ1) is 18.2. The first-order valence-electron chi connectivity index (χ1n) is 10.4. The first-order chi connectivity index (χ1) is 12.3. The molecule has 4 nitrogen and oxygen atoms in total. The van der Waals surface area contributed by atoms with Crippen LogP contribution in [0.3, 0.4) is 0 Å². The van der Waals surface area contributed by atoms with Gasteiger partial charge in [-0.2, -0.15) is 0 Å². The van der Waals surface area contributed by atoms with Gasteiger partial charge in [-0.05, 0) is 91.9 Å². The molecule has 4 aliphatic rings. The van der Waals surface area contributed by atoms with Crippen molar-refractivity contribution in [2.75, 3.05) is 0 Å². The molecule has 0 aromatic heterocycles. The van der Waals surface area contributed by atoms with Crippen LogP contribution in [-0.4, -0.2) is 28.1 Å². The van der Waals surface area contributed by atoms with E-state index >= 15 is 0 Å². The summed E-state index contributed by atoms with van der Waals surface area (Å²) in [6.45, 7) is 4.75. The normalized spacial score (nSPS) is 46.0. The lowest BCUT2D eigenvalue weighted by atomic mass is 9.46. The Labute approximate surface area is 156 Å². The molecule has 0 bridgehead atoms. The minimum atomic E-state index is -1.23. The number of allylic oxidation sites excluding steroid dienone is 1. The van der Waals surface area contributed by atoms with E-state index in [1.807, 2.05) is 6.08 Å².